The third-order valence-electron chi connectivity index (χ3n) is 3.00. The monoisotopic (exact) mass is 253 g/mol. The molecule has 4 heteroatoms. The van der Waals surface area contributed by atoms with E-state index in [1.54, 1.807) is 0 Å². The summed E-state index contributed by atoms with van der Waals surface area (Å²) in [6.45, 7) is 6.91. The molecule has 1 aromatic rings. The molecule has 0 aliphatic rings. The lowest BCUT2D eigenvalue weighted by atomic mass is 10.2. The first-order valence-electron chi connectivity index (χ1n) is 6.71. The number of furan rings is 1. The van der Waals surface area contributed by atoms with Crippen molar-refractivity contribution < 1.29 is 14.3 Å². The van der Waals surface area contributed by atoms with Crippen molar-refractivity contribution in [3.8, 4) is 0 Å². The molecule has 18 heavy (non-hydrogen) atoms. The van der Waals surface area contributed by atoms with Crippen molar-refractivity contribution in [3.63, 3.8) is 0 Å². The van der Waals surface area contributed by atoms with E-state index >= 15 is 0 Å². The fourth-order valence-electron chi connectivity index (χ4n) is 1.89. The maximum absolute atomic E-state index is 11.0. The van der Waals surface area contributed by atoms with Crippen molar-refractivity contribution in [2.45, 2.75) is 46.1 Å². The van der Waals surface area contributed by atoms with Gasteiger partial charge in [-0.25, -0.2) is 4.79 Å². The van der Waals surface area contributed by atoms with Crippen LogP contribution in [0.25, 0.3) is 0 Å². The largest absolute Gasteiger partial charge is 0.478 e. The summed E-state index contributed by atoms with van der Waals surface area (Å²) in [6.07, 6.45) is 6.01. The zero-order chi connectivity index (χ0) is 13.4. The molecule has 0 saturated carbocycles. The lowest BCUT2D eigenvalue weighted by molar-refractivity contribution is 0.0692. The van der Waals surface area contributed by atoms with Crippen molar-refractivity contribution in [1.82, 2.24) is 4.90 Å². The Morgan fingerprint density at radius 2 is 1.89 bits per heavy atom. The number of carboxylic acids is 1. The van der Waals surface area contributed by atoms with Gasteiger partial charge in [-0.1, -0.05) is 26.7 Å². The zero-order valence-electron chi connectivity index (χ0n) is 11.3. The van der Waals surface area contributed by atoms with E-state index < -0.39 is 5.97 Å². The molecule has 0 aliphatic heterocycles. The van der Waals surface area contributed by atoms with E-state index in [-0.39, 0.29) is 5.56 Å². The molecule has 102 valence electrons. The first-order valence-corrected chi connectivity index (χ1v) is 6.71. The summed E-state index contributed by atoms with van der Waals surface area (Å²) in [6, 6.07) is 1.52. The van der Waals surface area contributed by atoms with Gasteiger partial charge in [-0.05, 0) is 32.0 Å². The second-order valence-electron chi connectivity index (χ2n) is 4.55. The Morgan fingerprint density at radius 1 is 1.28 bits per heavy atom. The SMILES string of the molecule is CCCCN(CCCC)Cc1occc1C(=O)O. The number of rotatable bonds is 9. The van der Waals surface area contributed by atoms with Gasteiger partial charge in [0.1, 0.15) is 11.3 Å². The minimum absolute atomic E-state index is 0.285. The Bertz CT molecular complexity index is 352. The maximum Gasteiger partial charge on any atom is 0.339 e. The highest BCUT2D eigenvalue weighted by atomic mass is 16.4. The number of carbonyl (C=O) groups is 1. The molecule has 0 fully saturated rings. The smallest absolute Gasteiger partial charge is 0.339 e. The van der Waals surface area contributed by atoms with Crippen LogP contribution in [0.5, 0.6) is 0 Å². The molecule has 4 nitrogen and oxygen atoms in total. The van der Waals surface area contributed by atoms with Crippen molar-refractivity contribution in [2.75, 3.05) is 13.1 Å². The normalized spacial score (nSPS) is 11.1. The molecule has 1 heterocycles. The first kappa shape index (κ1) is 14.8. The fraction of sp³-hybridized carbons (Fsp3) is 0.643. The quantitative estimate of drug-likeness (QED) is 0.733. The van der Waals surface area contributed by atoms with E-state index in [1.165, 1.54) is 12.3 Å². The van der Waals surface area contributed by atoms with Crippen LogP contribution in [-0.2, 0) is 6.54 Å². The summed E-state index contributed by atoms with van der Waals surface area (Å²) in [7, 11) is 0. The van der Waals surface area contributed by atoms with Gasteiger partial charge >= 0.3 is 5.97 Å². The van der Waals surface area contributed by atoms with Crippen LogP contribution in [0, 0.1) is 0 Å². The Labute approximate surface area is 109 Å². The summed E-state index contributed by atoms with van der Waals surface area (Å²) < 4.78 is 5.29. The molecule has 0 aromatic carbocycles. The molecule has 0 atom stereocenters. The van der Waals surface area contributed by atoms with Gasteiger partial charge in [-0.15, -0.1) is 0 Å². The molecule has 0 spiro atoms. The molecular weight excluding hydrogens is 230 g/mol. The lowest BCUT2D eigenvalue weighted by Gasteiger charge is -2.20. The van der Waals surface area contributed by atoms with Gasteiger partial charge in [0, 0.05) is 0 Å². The predicted molar refractivity (Wildman–Crippen MR) is 70.8 cm³/mol. The van der Waals surface area contributed by atoms with E-state index in [1.807, 2.05) is 0 Å². The number of nitrogens with zero attached hydrogens (tertiary/aromatic N) is 1. The summed E-state index contributed by atoms with van der Waals surface area (Å²) in [5.41, 5.74) is 0.285. The number of unbranched alkanes of at least 4 members (excludes halogenated alkanes) is 2. The average molecular weight is 253 g/mol. The number of hydrogen-bond acceptors (Lipinski definition) is 3. The fourth-order valence-corrected chi connectivity index (χ4v) is 1.89. The summed E-state index contributed by atoms with van der Waals surface area (Å²) in [4.78, 5) is 13.3. The molecule has 0 amide bonds. The predicted octanol–water partition coefficient (Wildman–Crippen LogP) is 3.38. The third kappa shape index (κ3) is 4.53. The molecule has 0 unspecified atom stereocenters. The van der Waals surface area contributed by atoms with Crippen LogP contribution >= 0.6 is 0 Å². The number of carboxylic acid groups (broad SMARTS) is 1. The second kappa shape index (κ2) is 7.93. The Kier molecular flexibility index (Phi) is 6.50. The topological polar surface area (TPSA) is 53.7 Å². The second-order valence-corrected chi connectivity index (χ2v) is 4.55. The van der Waals surface area contributed by atoms with Crippen LogP contribution in [0.3, 0.4) is 0 Å². The van der Waals surface area contributed by atoms with Crippen molar-refractivity contribution in [2.24, 2.45) is 0 Å². The van der Waals surface area contributed by atoms with Gasteiger partial charge < -0.3 is 9.52 Å². The average Bonchev–Trinajstić information content (AvgIpc) is 2.80. The van der Waals surface area contributed by atoms with Crippen molar-refractivity contribution >= 4 is 5.97 Å². The molecular formula is C14H23NO3. The molecule has 0 saturated heterocycles. The molecule has 0 aliphatic carbocycles. The van der Waals surface area contributed by atoms with Gasteiger partial charge in [0.25, 0.3) is 0 Å². The van der Waals surface area contributed by atoms with Gasteiger partial charge in [-0.2, -0.15) is 0 Å². The van der Waals surface area contributed by atoms with Gasteiger partial charge in [0.05, 0.1) is 12.8 Å². The van der Waals surface area contributed by atoms with Crippen molar-refractivity contribution in [1.29, 1.82) is 0 Å². The maximum atomic E-state index is 11.0. The van der Waals surface area contributed by atoms with Gasteiger partial charge in [0.2, 0.25) is 0 Å². The molecule has 0 radical (unpaired) electrons. The van der Waals surface area contributed by atoms with E-state index in [4.69, 9.17) is 9.52 Å². The van der Waals surface area contributed by atoms with Crippen LogP contribution in [-0.4, -0.2) is 29.1 Å². The van der Waals surface area contributed by atoms with Crippen LogP contribution in [0.1, 0.15) is 55.6 Å². The third-order valence-corrected chi connectivity index (χ3v) is 3.00. The van der Waals surface area contributed by atoms with Gasteiger partial charge in [-0.3, -0.25) is 4.90 Å². The number of hydrogen-bond donors (Lipinski definition) is 1. The minimum atomic E-state index is -0.912. The summed E-state index contributed by atoms with van der Waals surface area (Å²) >= 11 is 0. The van der Waals surface area contributed by atoms with E-state index in [0.29, 0.717) is 12.3 Å². The van der Waals surface area contributed by atoms with E-state index in [0.717, 1.165) is 38.8 Å². The Balaban J connectivity index is 2.62. The molecule has 1 N–H and O–H groups in total. The Hall–Kier alpha value is -1.29. The highest BCUT2D eigenvalue weighted by molar-refractivity contribution is 5.88. The lowest BCUT2D eigenvalue weighted by Crippen LogP contribution is -2.26. The standard InChI is InChI=1S/C14H23NO3/c1-3-5-8-15(9-6-4-2)11-13-12(14(16)17)7-10-18-13/h7,10H,3-6,8-9,11H2,1-2H3,(H,16,17). The highest BCUT2D eigenvalue weighted by Crippen LogP contribution is 2.14. The van der Waals surface area contributed by atoms with Crippen LogP contribution in [0.4, 0.5) is 0 Å². The first-order chi connectivity index (χ1) is 8.69. The van der Waals surface area contributed by atoms with Crippen LogP contribution in [0.2, 0.25) is 0 Å². The van der Waals surface area contributed by atoms with Crippen molar-refractivity contribution in [3.05, 3.63) is 23.7 Å². The Morgan fingerprint density at radius 3 is 2.39 bits per heavy atom. The number of aromatic carboxylic acids is 1. The van der Waals surface area contributed by atoms with Gasteiger partial charge in [0.15, 0.2) is 0 Å². The molecule has 0 bridgehead atoms. The highest BCUT2D eigenvalue weighted by Gasteiger charge is 2.16. The molecule has 1 aromatic heterocycles. The van der Waals surface area contributed by atoms with Crippen LogP contribution in [0.15, 0.2) is 16.7 Å². The van der Waals surface area contributed by atoms with E-state index in [9.17, 15) is 4.79 Å². The minimum Gasteiger partial charge on any atom is -0.478 e. The van der Waals surface area contributed by atoms with Crippen LogP contribution < -0.4 is 0 Å². The zero-order valence-corrected chi connectivity index (χ0v) is 11.3. The summed E-state index contributed by atoms with van der Waals surface area (Å²) in [5, 5.41) is 9.04. The summed E-state index contributed by atoms with van der Waals surface area (Å²) in [5.74, 6) is -0.348. The van der Waals surface area contributed by atoms with E-state index in [2.05, 4.69) is 18.7 Å². The molecule has 1 rings (SSSR count).